The first-order valence-corrected chi connectivity index (χ1v) is 7.67. The number of hydrogen-bond acceptors (Lipinski definition) is 2. The summed E-state index contributed by atoms with van der Waals surface area (Å²) in [5, 5.41) is 4.13. The van der Waals surface area contributed by atoms with Gasteiger partial charge in [0, 0.05) is 0 Å². The predicted octanol–water partition coefficient (Wildman–Crippen LogP) is 4.69. The van der Waals surface area contributed by atoms with Crippen molar-refractivity contribution in [2.24, 2.45) is 0 Å². The number of likely N-dealkylation sites (N-methyl/N-ethyl adjacent to an activating group) is 1. The van der Waals surface area contributed by atoms with Gasteiger partial charge >= 0.3 is 0 Å². The van der Waals surface area contributed by atoms with Crippen molar-refractivity contribution >= 4 is 11.6 Å². The highest BCUT2D eigenvalue weighted by atomic mass is 35.5. The lowest BCUT2D eigenvalue weighted by molar-refractivity contribution is 0.268. The predicted molar refractivity (Wildman–Crippen MR) is 89.3 cm³/mol. The summed E-state index contributed by atoms with van der Waals surface area (Å²) >= 11 is 6.22. The zero-order chi connectivity index (χ0) is 15.2. The summed E-state index contributed by atoms with van der Waals surface area (Å²) in [6.45, 7) is 7.69. The van der Waals surface area contributed by atoms with Crippen molar-refractivity contribution < 1.29 is 4.74 Å². The molecule has 0 bridgehead atoms. The number of hydrogen-bond donors (Lipinski definition) is 1. The van der Waals surface area contributed by atoms with Crippen LogP contribution < -0.4 is 10.1 Å². The standard InChI is InChI=1S/C18H22ClNO/c1-4-20-17(15-8-6-5-7-14(15)3)12-21-18-10-9-13(2)11-16(18)19/h5-11,17,20H,4,12H2,1-3H3. The van der Waals surface area contributed by atoms with Gasteiger partial charge in [-0.15, -0.1) is 0 Å². The molecule has 3 heteroatoms. The van der Waals surface area contributed by atoms with Gasteiger partial charge in [-0.1, -0.05) is 48.9 Å². The molecule has 0 spiro atoms. The molecule has 21 heavy (non-hydrogen) atoms. The molecule has 0 aliphatic heterocycles. The van der Waals surface area contributed by atoms with Crippen molar-refractivity contribution in [3.05, 3.63) is 64.2 Å². The molecule has 1 unspecified atom stereocenters. The van der Waals surface area contributed by atoms with Crippen molar-refractivity contribution in [2.45, 2.75) is 26.8 Å². The molecular weight excluding hydrogens is 282 g/mol. The van der Waals surface area contributed by atoms with Crippen LogP contribution in [0, 0.1) is 13.8 Å². The Morgan fingerprint density at radius 1 is 1.14 bits per heavy atom. The van der Waals surface area contributed by atoms with E-state index in [1.807, 2.05) is 25.1 Å². The monoisotopic (exact) mass is 303 g/mol. The Morgan fingerprint density at radius 3 is 2.57 bits per heavy atom. The van der Waals surface area contributed by atoms with Gasteiger partial charge < -0.3 is 10.1 Å². The van der Waals surface area contributed by atoms with E-state index in [1.165, 1.54) is 11.1 Å². The Hall–Kier alpha value is -1.51. The van der Waals surface area contributed by atoms with Gasteiger partial charge in [0.1, 0.15) is 12.4 Å². The van der Waals surface area contributed by atoms with Gasteiger partial charge in [-0.05, 0) is 49.2 Å². The molecule has 2 aromatic carbocycles. The Kier molecular flexibility index (Phi) is 5.66. The van der Waals surface area contributed by atoms with Crippen molar-refractivity contribution in [3.8, 4) is 5.75 Å². The van der Waals surface area contributed by atoms with E-state index < -0.39 is 0 Å². The number of halogens is 1. The molecular formula is C18H22ClNO. The molecule has 0 aliphatic carbocycles. The molecule has 2 aromatic rings. The van der Waals surface area contributed by atoms with Crippen LogP contribution in [0.3, 0.4) is 0 Å². The number of rotatable bonds is 6. The first kappa shape index (κ1) is 15.9. The lowest BCUT2D eigenvalue weighted by Gasteiger charge is -2.21. The first-order chi connectivity index (χ1) is 10.1. The summed E-state index contributed by atoms with van der Waals surface area (Å²) in [5.74, 6) is 0.735. The van der Waals surface area contributed by atoms with E-state index in [1.54, 1.807) is 0 Å². The van der Waals surface area contributed by atoms with Crippen molar-refractivity contribution in [1.82, 2.24) is 5.32 Å². The van der Waals surface area contributed by atoms with E-state index in [0.717, 1.165) is 17.9 Å². The highest BCUT2D eigenvalue weighted by Crippen LogP contribution is 2.27. The van der Waals surface area contributed by atoms with Gasteiger partial charge in [0.15, 0.2) is 0 Å². The van der Waals surface area contributed by atoms with E-state index in [0.29, 0.717) is 11.6 Å². The summed E-state index contributed by atoms with van der Waals surface area (Å²) in [4.78, 5) is 0. The van der Waals surface area contributed by atoms with Gasteiger partial charge in [0.2, 0.25) is 0 Å². The summed E-state index contributed by atoms with van der Waals surface area (Å²) in [7, 11) is 0. The largest absolute Gasteiger partial charge is 0.490 e. The van der Waals surface area contributed by atoms with Crippen molar-refractivity contribution in [2.75, 3.05) is 13.2 Å². The quantitative estimate of drug-likeness (QED) is 0.836. The Bertz CT molecular complexity index is 598. The molecule has 0 aliphatic rings. The Labute approximate surface area is 132 Å². The van der Waals surface area contributed by atoms with Gasteiger partial charge in [0.25, 0.3) is 0 Å². The minimum absolute atomic E-state index is 0.161. The van der Waals surface area contributed by atoms with Crippen LogP contribution in [0.5, 0.6) is 5.75 Å². The molecule has 0 aromatic heterocycles. The van der Waals surface area contributed by atoms with Crippen LogP contribution in [0.15, 0.2) is 42.5 Å². The third-order valence-corrected chi connectivity index (χ3v) is 3.80. The number of nitrogens with one attached hydrogen (secondary N) is 1. The maximum absolute atomic E-state index is 6.22. The lowest BCUT2D eigenvalue weighted by atomic mass is 10.0. The van der Waals surface area contributed by atoms with E-state index in [9.17, 15) is 0 Å². The minimum atomic E-state index is 0.161. The highest BCUT2D eigenvalue weighted by molar-refractivity contribution is 6.32. The van der Waals surface area contributed by atoms with Crippen LogP contribution in [-0.2, 0) is 0 Å². The van der Waals surface area contributed by atoms with Crippen LogP contribution in [0.1, 0.15) is 29.7 Å². The topological polar surface area (TPSA) is 21.3 Å². The second-order valence-electron chi connectivity index (χ2n) is 5.21. The van der Waals surface area contributed by atoms with E-state index >= 15 is 0 Å². The maximum Gasteiger partial charge on any atom is 0.138 e. The first-order valence-electron chi connectivity index (χ1n) is 7.29. The fraction of sp³-hybridized carbons (Fsp3) is 0.333. The van der Waals surface area contributed by atoms with Crippen LogP contribution in [0.4, 0.5) is 0 Å². The average molecular weight is 304 g/mol. The third-order valence-electron chi connectivity index (χ3n) is 3.51. The molecule has 0 saturated heterocycles. The second-order valence-corrected chi connectivity index (χ2v) is 5.62. The third kappa shape index (κ3) is 4.23. The molecule has 0 fully saturated rings. The number of aryl methyl sites for hydroxylation is 2. The summed E-state index contributed by atoms with van der Waals surface area (Å²) in [5.41, 5.74) is 3.67. The number of ether oxygens (including phenoxy) is 1. The van der Waals surface area contributed by atoms with Gasteiger partial charge in [0.05, 0.1) is 11.1 Å². The smallest absolute Gasteiger partial charge is 0.138 e. The highest BCUT2D eigenvalue weighted by Gasteiger charge is 2.14. The fourth-order valence-electron chi connectivity index (χ4n) is 2.38. The zero-order valence-corrected chi connectivity index (χ0v) is 13.6. The van der Waals surface area contributed by atoms with E-state index in [4.69, 9.17) is 16.3 Å². The average Bonchev–Trinajstić information content (AvgIpc) is 2.46. The Morgan fingerprint density at radius 2 is 1.90 bits per heavy atom. The summed E-state index contributed by atoms with van der Waals surface area (Å²) in [6.07, 6.45) is 0. The molecule has 0 radical (unpaired) electrons. The van der Waals surface area contributed by atoms with Crippen LogP contribution in [-0.4, -0.2) is 13.2 Å². The molecule has 0 heterocycles. The second kappa shape index (κ2) is 7.48. The van der Waals surface area contributed by atoms with Crippen LogP contribution in [0.2, 0.25) is 5.02 Å². The molecule has 112 valence electrons. The van der Waals surface area contributed by atoms with Gasteiger partial charge in [-0.25, -0.2) is 0 Å². The fourth-order valence-corrected chi connectivity index (χ4v) is 2.67. The van der Waals surface area contributed by atoms with E-state index in [-0.39, 0.29) is 6.04 Å². The Balaban J connectivity index is 2.12. The van der Waals surface area contributed by atoms with E-state index in [2.05, 4.69) is 43.4 Å². The van der Waals surface area contributed by atoms with Gasteiger partial charge in [-0.3, -0.25) is 0 Å². The summed E-state index contributed by atoms with van der Waals surface area (Å²) in [6, 6.07) is 14.4. The maximum atomic E-state index is 6.22. The van der Waals surface area contributed by atoms with Crippen molar-refractivity contribution in [1.29, 1.82) is 0 Å². The van der Waals surface area contributed by atoms with Crippen LogP contribution in [0.25, 0.3) is 0 Å². The SMILES string of the molecule is CCNC(COc1ccc(C)cc1Cl)c1ccccc1C. The molecule has 1 N–H and O–H groups in total. The van der Waals surface area contributed by atoms with Crippen molar-refractivity contribution in [3.63, 3.8) is 0 Å². The molecule has 2 rings (SSSR count). The normalized spacial score (nSPS) is 12.2. The van der Waals surface area contributed by atoms with Gasteiger partial charge in [-0.2, -0.15) is 0 Å². The lowest BCUT2D eigenvalue weighted by Crippen LogP contribution is -2.27. The number of benzene rings is 2. The molecule has 0 saturated carbocycles. The molecule has 1 atom stereocenters. The minimum Gasteiger partial charge on any atom is -0.490 e. The molecule has 2 nitrogen and oxygen atoms in total. The molecule has 0 amide bonds. The van der Waals surface area contributed by atoms with Crippen LogP contribution >= 0.6 is 11.6 Å². The summed E-state index contributed by atoms with van der Waals surface area (Å²) < 4.78 is 5.92. The zero-order valence-electron chi connectivity index (χ0n) is 12.8.